The van der Waals surface area contributed by atoms with Gasteiger partial charge in [-0.25, -0.2) is 8.78 Å². The van der Waals surface area contributed by atoms with Crippen molar-refractivity contribution >= 4 is 28.7 Å². The van der Waals surface area contributed by atoms with Gasteiger partial charge in [0.05, 0.1) is 0 Å². The zero-order valence-electron chi connectivity index (χ0n) is 12.9. The zero-order valence-corrected chi connectivity index (χ0v) is 13.7. The fourth-order valence-corrected chi connectivity index (χ4v) is 2.96. The summed E-state index contributed by atoms with van der Waals surface area (Å²) in [4.78, 5) is 4.16. The fraction of sp³-hybridized carbons (Fsp3) is 0.235. The molecule has 2 aromatic rings. The average molecular weight is 349 g/mol. The van der Waals surface area contributed by atoms with Crippen LogP contribution in [0.4, 0.5) is 20.2 Å². The molecule has 0 aliphatic carbocycles. The highest BCUT2D eigenvalue weighted by atomic mass is 32.1. The van der Waals surface area contributed by atoms with Crippen LogP contribution in [-0.2, 0) is 0 Å². The first-order valence-electron chi connectivity index (χ1n) is 7.57. The van der Waals surface area contributed by atoms with Gasteiger partial charge in [0, 0.05) is 43.6 Å². The van der Waals surface area contributed by atoms with Crippen molar-refractivity contribution in [2.24, 2.45) is 0 Å². The van der Waals surface area contributed by atoms with E-state index in [-0.39, 0.29) is 5.75 Å². The van der Waals surface area contributed by atoms with Crippen molar-refractivity contribution in [3.8, 4) is 5.75 Å². The summed E-state index contributed by atoms with van der Waals surface area (Å²) in [5.74, 6) is -1.04. The lowest BCUT2D eigenvalue weighted by Crippen LogP contribution is -2.50. The molecule has 2 N–H and O–H groups in total. The Labute approximate surface area is 144 Å². The number of thiocarbonyl (C=S) groups is 1. The minimum atomic E-state index is -0.641. The van der Waals surface area contributed by atoms with Gasteiger partial charge in [0.1, 0.15) is 17.4 Å². The smallest absolute Gasteiger partial charge is 0.173 e. The summed E-state index contributed by atoms with van der Waals surface area (Å²) in [6.07, 6.45) is 0. The van der Waals surface area contributed by atoms with Gasteiger partial charge in [0.25, 0.3) is 0 Å². The van der Waals surface area contributed by atoms with Gasteiger partial charge < -0.3 is 20.2 Å². The topological polar surface area (TPSA) is 38.7 Å². The maximum Gasteiger partial charge on any atom is 0.173 e. The number of benzene rings is 2. The van der Waals surface area contributed by atoms with Gasteiger partial charge >= 0.3 is 0 Å². The molecule has 1 aliphatic rings. The second-order valence-electron chi connectivity index (χ2n) is 5.58. The SMILES string of the molecule is Oc1ccc(N2CCN(C(=S)Nc3cc(F)cc(F)c3)CC2)cc1. The van der Waals surface area contributed by atoms with Crippen LogP contribution in [0.2, 0.25) is 0 Å². The molecule has 7 heteroatoms. The Balaban J connectivity index is 1.57. The Morgan fingerprint density at radius 1 is 0.958 bits per heavy atom. The van der Waals surface area contributed by atoms with Crippen molar-refractivity contribution in [3.63, 3.8) is 0 Å². The van der Waals surface area contributed by atoms with Gasteiger partial charge in [-0.1, -0.05) is 0 Å². The van der Waals surface area contributed by atoms with E-state index in [1.165, 1.54) is 12.1 Å². The molecule has 1 heterocycles. The maximum atomic E-state index is 13.2. The molecule has 0 amide bonds. The van der Waals surface area contributed by atoms with Crippen LogP contribution in [-0.4, -0.2) is 41.3 Å². The predicted octanol–water partition coefficient (Wildman–Crippen LogP) is 3.19. The summed E-state index contributed by atoms with van der Waals surface area (Å²) in [7, 11) is 0. The lowest BCUT2D eigenvalue weighted by Gasteiger charge is -2.37. The maximum absolute atomic E-state index is 13.2. The number of halogens is 2. The van der Waals surface area contributed by atoms with E-state index in [9.17, 15) is 13.9 Å². The van der Waals surface area contributed by atoms with Gasteiger partial charge in [0.15, 0.2) is 5.11 Å². The number of phenols is 1. The standard InChI is InChI=1S/C17H17F2N3OS/c18-12-9-13(19)11-14(10-12)20-17(24)22-7-5-21(6-8-22)15-1-3-16(23)4-2-15/h1-4,9-11,23H,5-8H2,(H,20,24). The molecular weight excluding hydrogens is 332 g/mol. The van der Waals surface area contributed by atoms with E-state index in [4.69, 9.17) is 12.2 Å². The molecule has 0 unspecified atom stereocenters. The van der Waals surface area contributed by atoms with Gasteiger partial charge in [-0.05, 0) is 48.6 Å². The molecule has 0 aromatic heterocycles. The van der Waals surface area contributed by atoms with Crippen LogP contribution in [0.3, 0.4) is 0 Å². The molecule has 2 aromatic carbocycles. The largest absolute Gasteiger partial charge is 0.508 e. The quantitative estimate of drug-likeness (QED) is 0.815. The van der Waals surface area contributed by atoms with E-state index in [1.807, 2.05) is 17.0 Å². The molecule has 4 nitrogen and oxygen atoms in total. The third kappa shape index (κ3) is 3.91. The van der Waals surface area contributed by atoms with E-state index in [1.54, 1.807) is 12.1 Å². The Kier molecular flexibility index (Phi) is 4.80. The number of nitrogens with zero attached hydrogens (tertiary/aromatic N) is 2. The highest BCUT2D eigenvalue weighted by Gasteiger charge is 2.19. The summed E-state index contributed by atoms with van der Waals surface area (Å²) in [5.41, 5.74) is 1.34. The van der Waals surface area contributed by atoms with Gasteiger partial charge in [0.2, 0.25) is 0 Å². The van der Waals surface area contributed by atoms with Crippen LogP contribution in [0.15, 0.2) is 42.5 Å². The van der Waals surface area contributed by atoms with Crippen LogP contribution in [0.25, 0.3) is 0 Å². The van der Waals surface area contributed by atoms with Gasteiger partial charge in [-0.2, -0.15) is 0 Å². The first kappa shape index (κ1) is 16.4. The first-order chi connectivity index (χ1) is 11.5. The molecule has 0 radical (unpaired) electrons. The number of rotatable bonds is 2. The lowest BCUT2D eigenvalue weighted by molar-refractivity contribution is 0.391. The minimum absolute atomic E-state index is 0.241. The molecular formula is C17H17F2N3OS. The van der Waals surface area contributed by atoms with E-state index < -0.39 is 11.6 Å². The Hall–Kier alpha value is -2.41. The third-order valence-corrected chi connectivity index (χ3v) is 4.26. The van der Waals surface area contributed by atoms with Crippen LogP contribution in [0.5, 0.6) is 5.75 Å². The first-order valence-corrected chi connectivity index (χ1v) is 7.98. The van der Waals surface area contributed by atoms with E-state index in [2.05, 4.69) is 10.2 Å². The van der Waals surface area contributed by atoms with Crippen molar-refractivity contribution < 1.29 is 13.9 Å². The summed E-state index contributed by atoms with van der Waals surface area (Å²) in [5, 5.41) is 12.7. The molecule has 0 atom stereocenters. The van der Waals surface area contributed by atoms with Crippen molar-refractivity contribution in [1.82, 2.24) is 4.90 Å². The molecule has 0 bridgehead atoms. The molecule has 1 aliphatic heterocycles. The van der Waals surface area contributed by atoms with Crippen LogP contribution in [0, 0.1) is 11.6 Å². The second kappa shape index (κ2) is 7.00. The van der Waals surface area contributed by atoms with Gasteiger partial charge in [-0.15, -0.1) is 0 Å². The number of hydrogen-bond donors (Lipinski definition) is 2. The van der Waals surface area contributed by atoms with E-state index >= 15 is 0 Å². The molecule has 1 saturated heterocycles. The molecule has 126 valence electrons. The Morgan fingerprint density at radius 3 is 2.12 bits per heavy atom. The summed E-state index contributed by atoms with van der Waals surface area (Å²) in [6.45, 7) is 2.93. The number of phenolic OH excluding ortho intramolecular Hbond substituents is 1. The average Bonchev–Trinajstić information content (AvgIpc) is 2.55. The van der Waals surface area contributed by atoms with Crippen molar-refractivity contribution in [3.05, 3.63) is 54.1 Å². The zero-order chi connectivity index (χ0) is 17.1. The number of anilines is 2. The van der Waals surface area contributed by atoms with E-state index in [0.29, 0.717) is 23.9 Å². The number of hydrogen-bond acceptors (Lipinski definition) is 3. The molecule has 24 heavy (non-hydrogen) atoms. The molecule has 0 spiro atoms. The number of nitrogens with one attached hydrogen (secondary N) is 1. The summed E-state index contributed by atoms with van der Waals surface area (Å²) < 4.78 is 26.5. The van der Waals surface area contributed by atoms with Crippen molar-refractivity contribution in [2.45, 2.75) is 0 Å². The predicted molar refractivity (Wildman–Crippen MR) is 94.5 cm³/mol. The normalized spacial score (nSPS) is 14.6. The van der Waals surface area contributed by atoms with Crippen LogP contribution >= 0.6 is 12.2 Å². The number of piperazine rings is 1. The number of aromatic hydroxyl groups is 1. The molecule has 3 rings (SSSR count). The summed E-state index contributed by atoms with van der Waals surface area (Å²) >= 11 is 5.33. The minimum Gasteiger partial charge on any atom is -0.508 e. The van der Waals surface area contributed by atoms with Crippen molar-refractivity contribution in [1.29, 1.82) is 0 Å². The monoisotopic (exact) mass is 349 g/mol. The lowest BCUT2D eigenvalue weighted by atomic mass is 10.2. The molecule has 1 fully saturated rings. The molecule has 0 saturated carbocycles. The third-order valence-electron chi connectivity index (χ3n) is 3.90. The Bertz CT molecular complexity index is 711. The fourth-order valence-electron chi connectivity index (χ4n) is 2.66. The summed E-state index contributed by atoms with van der Waals surface area (Å²) in [6, 6.07) is 10.3. The highest BCUT2D eigenvalue weighted by molar-refractivity contribution is 7.80. The van der Waals surface area contributed by atoms with Gasteiger partial charge in [-0.3, -0.25) is 0 Å². The second-order valence-corrected chi connectivity index (χ2v) is 5.97. The van der Waals surface area contributed by atoms with Crippen LogP contribution < -0.4 is 10.2 Å². The van der Waals surface area contributed by atoms with E-state index in [0.717, 1.165) is 24.8 Å². The highest BCUT2D eigenvalue weighted by Crippen LogP contribution is 2.20. The van der Waals surface area contributed by atoms with Crippen molar-refractivity contribution in [2.75, 3.05) is 36.4 Å². The Morgan fingerprint density at radius 2 is 1.54 bits per heavy atom. The van der Waals surface area contributed by atoms with Crippen LogP contribution in [0.1, 0.15) is 0 Å².